The number of benzene rings is 2. The van der Waals surface area contributed by atoms with Crippen LogP contribution in [-0.2, 0) is 0 Å². The molecule has 2 aromatic carbocycles. The van der Waals surface area contributed by atoms with Gasteiger partial charge in [-0.3, -0.25) is 4.79 Å². The smallest absolute Gasteiger partial charge is 0.195 e. The summed E-state index contributed by atoms with van der Waals surface area (Å²) in [5, 5.41) is 0. The van der Waals surface area contributed by atoms with Gasteiger partial charge in [-0.2, -0.15) is 0 Å². The number of ketones is 1. The van der Waals surface area contributed by atoms with Gasteiger partial charge in [0.1, 0.15) is 0 Å². The molecule has 0 saturated heterocycles. The van der Waals surface area contributed by atoms with Gasteiger partial charge in [0.05, 0.1) is 0 Å². The Bertz CT molecular complexity index is 614. The SMILES string of the molecule is Cc1ccc(N)c(C(=O)c2ccc(C)c(C)c2)c1. The minimum absolute atomic E-state index is 0.0145. The first-order valence-electron chi connectivity index (χ1n) is 5.97. The van der Waals surface area contributed by atoms with Gasteiger partial charge in [0.2, 0.25) is 0 Å². The van der Waals surface area contributed by atoms with Gasteiger partial charge in [0.25, 0.3) is 0 Å². The molecular weight excluding hydrogens is 222 g/mol. The Kier molecular flexibility index (Phi) is 3.19. The molecule has 2 nitrogen and oxygen atoms in total. The predicted molar refractivity (Wildman–Crippen MR) is 74.9 cm³/mol. The summed E-state index contributed by atoms with van der Waals surface area (Å²) in [6.45, 7) is 5.99. The predicted octanol–water partition coefficient (Wildman–Crippen LogP) is 3.43. The van der Waals surface area contributed by atoms with Crippen molar-refractivity contribution in [3.8, 4) is 0 Å². The second-order valence-electron chi connectivity index (χ2n) is 4.72. The van der Waals surface area contributed by atoms with E-state index in [1.807, 2.05) is 51.1 Å². The Morgan fingerprint density at radius 3 is 2.33 bits per heavy atom. The normalized spacial score (nSPS) is 10.4. The number of hydrogen-bond acceptors (Lipinski definition) is 2. The molecule has 0 atom stereocenters. The molecule has 92 valence electrons. The number of rotatable bonds is 2. The zero-order valence-electron chi connectivity index (χ0n) is 10.9. The Balaban J connectivity index is 2.47. The van der Waals surface area contributed by atoms with Crippen LogP contribution in [0.3, 0.4) is 0 Å². The Labute approximate surface area is 107 Å². The van der Waals surface area contributed by atoms with Crippen molar-refractivity contribution in [3.63, 3.8) is 0 Å². The summed E-state index contributed by atoms with van der Waals surface area (Å²) in [5.74, 6) is -0.0145. The van der Waals surface area contributed by atoms with Crippen molar-refractivity contribution in [3.05, 3.63) is 64.2 Å². The lowest BCUT2D eigenvalue weighted by molar-refractivity contribution is 0.103. The molecule has 0 bridgehead atoms. The Morgan fingerprint density at radius 1 is 0.944 bits per heavy atom. The van der Waals surface area contributed by atoms with Crippen LogP contribution in [0.1, 0.15) is 32.6 Å². The molecule has 0 saturated carbocycles. The molecule has 2 N–H and O–H groups in total. The highest BCUT2D eigenvalue weighted by Crippen LogP contribution is 2.19. The summed E-state index contributed by atoms with van der Waals surface area (Å²) in [5.41, 5.74) is 11.0. The van der Waals surface area contributed by atoms with Crippen LogP contribution in [0.5, 0.6) is 0 Å². The molecule has 0 unspecified atom stereocenters. The van der Waals surface area contributed by atoms with Crippen LogP contribution < -0.4 is 5.73 Å². The fourth-order valence-electron chi connectivity index (χ4n) is 1.90. The molecule has 18 heavy (non-hydrogen) atoms. The second kappa shape index (κ2) is 4.65. The molecule has 0 aromatic heterocycles. The van der Waals surface area contributed by atoms with Crippen molar-refractivity contribution < 1.29 is 4.79 Å². The summed E-state index contributed by atoms with van der Waals surface area (Å²) >= 11 is 0. The van der Waals surface area contributed by atoms with E-state index in [2.05, 4.69) is 0 Å². The standard InChI is InChI=1S/C16H17NO/c1-10-4-7-15(17)14(8-10)16(18)13-6-5-11(2)12(3)9-13/h4-9H,17H2,1-3H3. The van der Waals surface area contributed by atoms with Crippen molar-refractivity contribution >= 4 is 11.5 Å². The molecule has 2 aromatic rings. The van der Waals surface area contributed by atoms with Crippen LogP contribution >= 0.6 is 0 Å². The van der Waals surface area contributed by atoms with E-state index in [0.717, 1.165) is 11.1 Å². The molecule has 2 rings (SSSR count). The number of carbonyl (C=O) groups excluding carboxylic acids is 1. The molecular formula is C16H17NO. The number of hydrogen-bond donors (Lipinski definition) is 1. The monoisotopic (exact) mass is 239 g/mol. The molecule has 0 spiro atoms. The largest absolute Gasteiger partial charge is 0.398 e. The fourth-order valence-corrected chi connectivity index (χ4v) is 1.90. The lowest BCUT2D eigenvalue weighted by atomic mass is 9.97. The first-order valence-corrected chi connectivity index (χ1v) is 5.97. The third-order valence-corrected chi connectivity index (χ3v) is 3.22. The van der Waals surface area contributed by atoms with E-state index in [1.165, 1.54) is 5.56 Å². The second-order valence-corrected chi connectivity index (χ2v) is 4.72. The van der Waals surface area contributed by atoms with E-state index in [-0.39, 0.29) is 5.78 Å². The quantitative estimate of drug-likeness (QED) is 0.644. The van der Waals surface area contributed by atoms with Gasteiger partial charge in [-0.15, -0.1) is 0 Å². The maximum atomic E-state index is 12.4. The number of anilines is 1. The minimum Gasteiger partial charge on any atom is -0.398 e. The fraction of sp³-hybridized carbons (Fsp3) is 0.188. The first-order chi connectivity index (χ1) is 8.49. The summed E-state index contributed by atoms with van der Waals surface area (Å²) in [4.78, 5) is 12.4. The van der Waals surface area contributed by atoms with Gasteiger partial charge >= 0.3 is 0 Å². The van der Waals surface area contributed by atoms with Gasteiger partial charge in [0, 0.05) is 16.8 Å². The zero-order valence-corrected chi connectivity index (χ0v) is 10.9. The van der Waals surface area contributed by atoms with E-state index in [1.54, 1.807) is 6.07 Å². The molecule has 0 heterocycles. The van der Waals surface area contributed by atoms with E-state index in [4.69, 9.17) is 5.73 Å². The number of carbonyl (C=O) groups is 1. The van der Waals surface area contributed by atoms with Crippen molar-refractivity contribution in [2.24, 2.45) is 0 Å². The van der Waals surface area contributed by atoms with E-state index in [0.29, 0.717) is 16.8 Å². The molecule has 0 fully saturated rings. The van der Waals surface area contributed by atoms with Crippen molar-refractivity contribution in [2.75, 3.05) is 5.73 Å². The van der Waals surface area contributed by atoms with Crippen molar-refractivity contribution in [1.82, 2.24) is 0 Å². The summed E-state index contributed by atoms with van der Waals surface area (Å²) in [6, 6.07) is 11.3. The van der Waals surface area contributed by atoms with Gasteiger partial charge in [-0.05, 0) is 50.1 Å². The van der Waals surface area contributed by atoms with Crippen molar-refractivity contribution in [2.45, 2.75) is 20.8 Å². The minimum atomic E-state index is -0.0145. The lowest BCUT2D eigenvalue weighted by Gasteiger charge is -2.08. The zero-order chi connectivity index (χ0) is 13.3. The maximum absolute atomic E-state index is 12.4. The third-order valence-electron chi connectivity index (χ3n) is 3.22. The van der Waals surface area contributed by atoms with E-state index < -0.39 is 0 Å². The molecule has 2 heteroatoms. The average Bonchev–Trinajstić information content (AvgIpc) is 2.35. The molecule has 0 aliphatic heterocycles. The Morgan fingerprint density at radius 2 is 1.67 bits per heavy atom. The number of aryl methyl sites for hydroxylation is 3. The number of nitrogens with two attached hydrogens (primary N) is 1. The van der Waals surface area contributed by atoms with Gasteiger partial charge < -0.3 is 5.73 Å². The maximum Gasteiger partial charge on any atom is 0.195 e. The van der Waals surface area contributed by atoms with Crippen LogP contribution in [0.15, 0.2) is 36.4 Å². The highest BCUT2D eigenvalue weighted by Gasteiger charge is 2.13. The van der Waals surface area contributed by atoms with Crippen LogP contribution in [0, 0.1) is 20.8 Å². The lowest BCUT2D eigenvalue weighted by Crippen LogP contribution is -2.06. The molecule has 0 aliphatic rings. The topological polar surface area (TPSA) is 43.1 Å². The first kappa shape index (κ1) is 12.4. The average molecular weight is 239 g/mol. The molecule has 0 radical (unpaired) electrons. The third kappa shape index (κ3) is 2.28. The van der Waals surface area contributed by atoms with Crippen LogP contribution in [0.25, 0.3) is 0 Å². The molecule has 0 amide bonds. The Hall–Kier alpha value is -2.09. The van der Waals surface area contributed by atoms with Gasteiger partial charge in [0.15, 0.2) is 5.78 Å². The van der Waals surface area contributed by atoms with Gasteiger partial charge in [-0.1, -0.05) is 23.8 Å². The summed E-state index contributed by atoms with van der Waals surface area (Å²) < 4.78 is 0. The highest BCUT2D eigenvalue weighted by atomic mass is 16.1. The van der Waals surface area contributed by atoms with Crippen LogP contribution in [-0.4, -0.2) is 5.78 Å². The van der Waals surface area contributed by atoms with E-state index in [9.17, 15) is 4.79 Å². The summed E-state index contributed by atoms with van der Waals surface area (Å²) in [6.07, 6.45) is 0. The van der Waals surface area contributed by atoms with Crippen LogP contribution in [0.2, 0.25) is 0 Å². The van der Waals surface area contributed by atoms with Gasteiger partial charge in [-0.25, -0.2) is 0 Å². The number of nitrogen functional groups attached to an aromatic ring is 1. The summed E-state index contributed by atoms with van der Waals surface area (Å²) in [7, 11) is 0. The van der Waals surface area contributed by atoms with E-state index >= 15 is 0 Å². The highest BCUT2D eigenvalue weighted by molar-refractivity contribution is 6.12. The molecule has 0 aliphatic carbocycles. The van der Waals surface area contributed by atoms with Crippen molar-refractivity contribution in [1.29, 1.82) is 0 Å². The van der Waals surface area contributed by atoms with Crippen LogP contribution in [0.4, 0.5) is 5.69 Å².